The van der Waals surface area contributed by atoms with Crippen LogP contribution >= 0.6 is 0 Å². The van der Waals surface area contributed by atoms with Gasteiger partial charge in [-0.2, -0.15) is 22.7 Å². The summed E-state index contributed by atoms with van der Waals surface area (Å²) >= 11 is 0. The monoisotopic (exact) mass is 219 g/mol. The minimum Gasteiger partial charge on any atom is -0.198 e. The predicted molar refractivity (Wildman–Crippen MR) is 54.7 cm³/mol. The molecule has 0 aromatic rings. The van der Waals surface area contributed by atoms with E-state index in [0.29, 0.717) is 0 Å². The Morgan fingerprint density at radius 3 is 2.29 bits per heavy atom. The lowest BCUT2D eigenvalue weighted by molar-refractivity contribution is 0.427. The van der Waals surface area contributed by atoms with Gasteiger partial charge in [0.2, 0.25) is 0 Å². The first-order valence-corrected chi connectivity index (χ1v) is 5.75. The average molecular weight is 219 g/mol. The van der Waals surface area contributed by atoms with Crippen LogP contribution in [0.2, 0.25) is 0 Å². The van der Waals surface area contributed by atoms with E-state index in [1.54, 1.807) is 20.8 Å². The third kappa shape index (κ3) is 5.17. The summed E-state index contributed by atoms with van der Waals surface area (Å²) in [6.07, 6.45) is 0.196. The highest BCUT2D eigenvalue weighted by Gasteiger charge is 2.23. The quantitative estimate of drug-likeness (QED) is 0.746. The first-order valence-electron chi connectivity index (χ1n) is 4.31. The van der Waals surface area contributed by atoms with Crippen molar-refractivity contribution in [1.82, 2.24) is 9.03 Å². The fourth-order valence-corrected chi connectivity index (χ4v) is 2.05. The van der Waals surface area contributed by atoms with Crippen LogP contribution in [0.5, 0.6) is 0 Å². The number of hydrogen-bond acceptors (Lipinski definition) is 3. The van der Waals surface area contributed by atoms with Gasteiger partial charge in [0.05, 0.1) is 6.07 Å². The van der Waals surface area contributed by atoms with Crippen LogP contribution < -0.4 is 4.72 Å². The van der Waals surface area contributed by atoms with Crippen molar-refractivity contribution in [2.24, 2.45) is 0 Å². The molecule has 0 spiro atoms. The topological polar surface area (TPSA) is 73.2 Å². The number of nitriles is 1. The Morgan fingerprint density at radius 2 is 1.93 bits per heavy atom. The van der Waals surface area contributed by atoms with Gasteiger partial charge in [-0.15, -0.1) is 0 Å². The molecule has 0 aliphatic rings. The summed E-state index contributed by atoms with van der Waals surface area (Å²) in [5, 5.41) is 8.32. The van der Waals surface area contributed by atoms with Gasteiger partial charge < -0.3 is 0 Å². The molecule has 0 rings (SSSR count). The lowest BCUT2D eigenvalue weighted by Crippen LogP contribution is -2.47. The highest BCUT2D eigenvalue weighted by atomic mass is 32.2. The van der Waals surface area contributed by atoms with E-state index in [4.69, 9.17) is 5.26 Å². The summed E-state index contributed by atoms with van der Waals surface area (Å²) < 4.78 is 26.7. The summed E-state index contributed by atoms with van der Waals surface area (Å²) in [5.74, 6) is 0. The van der Waals surface area contributed by atoms with E-state index in [-0.39, 0.29) is 13.0 Å². The van der Waals surface area contributed by atoms with Crippen LogP contribution in [0.3, 0.4) is 0 Å². The standard InChI is InChI=1S/C8H17N3O2S/c1-8(2,3)10-14(12,13)11(4)7-5-6-9/h10H,5,7H2,1-4H3. The predicted octanol–water partition coefficient (Wildman–Crippen LogP) is 0.465. The number of hydrogen-bond donors (Lipinski definition) is 1. The molecule has 0 heterocycles. The van der Waals surface area contributed by atoms with E-state index < -0.39 is 15.7 Å². The van der Waals surface area contributed by atoms with E-state index in [1.807, 2.05) is 6.07 Å². The third-order valence-electron chi connectivity index (χ3n) is 1.38. The Bertz CT molecular complexity index is 310. The average Bonchev–Trinajstić information content (AvgIpc) is 1.95. The molecule has 0 amide bonds. The number of nitrogens with one attached hydrogen (secondary N) is 1. The molecule has 0 bridgehead atoms. The summed E-state index contributed by atoms with van der Waals surface area (Å²) in [6, 6.07) is 1.90. The second-order valence-corrected chi connectivity index (χ2v) is 5.86. The first-order chi connectivity index (χ1) is 6.19. The van der Waals surface area contributed by atoms with Gasteiger partial charge in [-0.25, -0.2) is 0 Å². The van der Waals surface area contributed by atoms with Crippen molar-refractivity contribution >= 4 is 10.2 Å². The molecule has 0 aromatic heterocycles. The van der Waals surface area contributed by atoms with E-state index in [9.17, 15) is 8.42 Å². The molecule has 0 fully saturated rings. The van der Waals surface area contributed by atoms with E-state index in [1.165, 1.54) is 7.05 Å². The number of rotatable bonds is 4. The molecule has 0 aliphatic heterocycles. The van der Waals surface area contributed by atoms with E-state index in [2.05, 4.69) is 4.72 Å². The summed E-state index contributed by atoms with van der Waals surface area (Å²) in [6.45, 7) is 5.51. The summed E-state index contributed by atoms with van der Waals surface area (Å²) in [5.41, 5.74) is -0.500. The molecule has 82 valence electrons. The Balaban J connectivity index is 4.41. The van der Waals surface area contributed by atoms with Crippen molar-refractivity contribution in [1.29, 1.82) is 5.26 Å². The van der Waals surface area contributed by atoms with Crippen LogP contribution in [0, 0.1) is 11.3 Å². The van der Waals surface area contributed by atoms with Crippen molar-refractivity contribution in [2.45, 2.75) is 32.7 Å². The molecule has 0 aliphatic carbocycles. The Kier molecular flexibility index (Phi) is 4.52. The van der Waals surface area contributed by atoms with Gasteiger partial charge in [0.1, 0.15) is 0 Å². The van der Waals surface area contributed by atoms with Gasteiger partial charge in [0.15, 0.2) is 0 Å². The van der Waals surface area contributed by atoms with Gasteiger partial charge in [0, 0.05) is 25.6 Å². The molecule has 0 atom stereocenters. The normalized spacial score (nSPS) is 12.9. The molecule has 0 unspecified atom stereocenters. The molecule has 0 saturated heterocycles. The van der Waals surface area contributed by atoms with Crippen molar-refractivity contribution < 1.29 is 8.42 Å². The van der Waals surface area contributed by atoms with Crippen molar-refractivity contribution in [3.8, 4) is 6.07 Å². The highest BCUT2D eigenvalue weighted by molar-refractivity contribution is 7.87. The van der Waals surface area contributed by atoms with Crippen LogP contribution in [0.1, 0.15) is 27.2 Å². The Hall–Kier alpha value is -0.640. The van der Waals surface area contributed by atoms with Gasteiger partial charge in [0.25, 0.3) is 10.2 Å². The largest absolute Gasteiger partial charge is 0.279 e. The van der Waals surface area contributed by atoms with Crippen LogP contribution in [0.4, 0.5) is 0 Å². The molecule has 1 N–H and O–H groups in total. The fourth-order valence-electron chi connectivity index (χ4n) is 0.792. The zero-order chi connectivity index (χ0) is 11.4. The van der Waals surface area contributed by atoms with Crippen LogP contribution in [0.25, 0.3) is 0 Å². The third-order valence-corrected chi connectivity index (χ3v) is 3.26. The van der Waals surface area contributed by atoms with E-state index in [0.717, 1.165) is 4.31 Å². The minimum atomic E-state index is -3.46. The fraction of sp³-hybridized carbons (Fsp3) is 0.875. The summed E-state index contributed by atoms with van der Waals surface area (Å²) in [7, 11) is -2.01. The molecule has 5 nitrogen and oxygen atoms in total. The lowest BCUT2D eigenvalue weighted by atomic mass is 10.1. The Morgan fingerprint density at radius 1 is 1.43 bits per heavy atom. The molecule has 0 radical (unpaired) electrons. The molecule has 6 heteroatoms. The zero-order valence-electron chi connectivity index (χ0n) is 9.03. The van der Waals surface area contributed by atoms with Crippen LogP contribution in [-0.2, 0) is 10.2 Å². The van der Waals surface area contributed by atoms with Crippen LogP contribution in [0.15, 0.2) is 0 Å². The first kappa shape index (κ1) is 13.4. The van der Waals surface area contributed by atoms with Gasteiger partial charge in [-0.3, -0.25) is 0 Å². The second kappa shape index (κ2) is 4.73. The molecule has 14 heavy (non-hydrogen) atoms. The minimum absolute atomic E-state index is 0.196. The maximum atomic E-state index is 11.6. The molecular weight excluding hydrogens is 202 g/mol. The zero-order valence-corrected chi connectivity index (χ0v) is 9.85. The maximum absolute atomic E-state index is 11.6. The maximum Gasteiger partial charge on any atom is 0.279 e. The van der Waals surface area contributed by atoms with Gasteiger partial charge in [-0.1, -0.05) is 0 Å². The van der Waals surface area contributed by atoms with Gasteiger partial charge in [-0.05, 0) is 20.8 Å². The van der Waals surface area contributed by atoms with Gasteiger partial charge >= 0.3 is 0 Å². The number of nitrogens with zero attached hydrogens (tertiary/aromatic N) is 2. The van der Waals surface area contributed by atoms with Crippen LogP contribution in [-0.4, -0.2) is 31.9 Å². The SMILES string of the molecule is CN(CCC#N)S(=O)(=O)NC(C)(C)C. The van der Waals surface area contributed by atoms with Crippen molar-refractivity contribution in [3.63, 3.8) is 0 Å². The molecular formula is C8H17N3O2S. The molecule has 0 saturated carbocycles. The second-order valence-electron chi connectivity index (χ2n) is 4.09. The van der Waals surface area contributed by atoms with Crippen molar-refractivity contribution in [3.05, 3.63) is 0 Å². The lowest BCUT2D eigenvalue weighted by Gasteiger charge is -2.24. The van der Waals surface area contributed by atoms with E-state index >= 15 is 0 Å². The molecule has 0 aromatic carbocycles. The smallest absolute Gasteiger partial charge is 0.198 e. The summed E-state index contributed by atoms with van der Waals surface area (Å²) in [4.78, 5) is 0. The Labute approximate surface area is 85.9 Å². The van der Waals surface area contributed by atoms with Crippen molar-refractivity contribution in [2.75, 3.05) is 13.6 Å². The highest BCUT2D eigenvalue weighted by Crippen LogP contribution is 2.04.